The van der Waals surface area contributed by atoms with Gasteiger partial charge in [0.15, 0.2) is 0 Å². The molecule has 0 unspecified atom stereocenters. The maximum Gasteiger partial charge on any atom is 0.416 e. The molecule has 3 aromatic carbocycles. The van der Waals surface area contributed by atoms with E-state index in [-0.39, 0.29) is 30.2 Å². The largest absolute Gasteiger partial charge is 0.416 e. The summed E-state index contributed by atoms with van der Waals surface area (Å²) in [5.74, 6) is -2.78. The van der Waals surface area contributed by atoms with Crippen LogP contribution in [0.15, 0.2) is 66.7 Å². The van der Waals surface area contributed by atoms with E-state index in [1.54, 1.807) is 48.5 Å². The molecule has 0 aliphatic carbocycles. The number of rotatable bonds is 9. The molecular weight excluding hydrogens is 526 g/mol. The van der Waals surface area contributed by atoms with Crippen LogP contribution in [0, 0.1) is 5.82 Å². The van der Waals surface area contributed by atoms with E-state index >= 15 is 0 Å². The average molecular weight is 558 g/mol. The molecule has 6 nitrogen and oxygen atoms in total. The zero-order valence-electron chi connectivity index (χ0n) is 22.2. The van der Waals surface area contributed by atoms with E-state index in [0.29, 0.717) is 35.7 Å². The lowest BCUT2D eigenvalue weighted by Crippen LogP contribution is -2.47. The Morgan fingerprint density at radius 1 is 1.02 bits per heavy atom. The number of aliphatic hydroxyl groups is 1. The third kappa shape index (κ3) is 6.51. The SMILES string of the molecule is CN(C)CCCNC(=O)[C@@H]1c2ccccc2C(=O)N(Cc2cc(F)cc(C(F)(F)F)c2)[C@H]1c1ccc(CO)cc1. The number of alkyl halides is 3. The summed E-state index contributed by atoms with van der Waals surface area (Å²) in [6.07, 6.45) is -4.08. The van der Waals surface area contributed by atoms with Crippen LogP contribution in [0.5, 0.6) is 0 Å². The highest BCUT2D eigenvalue weighted by molar-refractivity contribution is 6.01. The van der Waals surface area contributed by atoms with Crippen molar-refractivity contribution in [3.8, 4) is 0 Å². The molecule has 3 aromatic rings. The van der Waals surface area contributed by atoms with Crippen molar-refractivity contribution in [1.29, 1.82) is 0 Å². The fourth-order valence-corrected chi connectivity index (χ4v) is 5.06. The second-order valence-corrected chi connectivity index (χ2v) is 10.1. The molecule has 0 bridgehead atoms. The Labute approximate surface area is 230 Å². The minimum atomic E-state index is -4.77. The van der Waals surface area contributed by atoms with Crippen LogP contribution in [0.25, 0.3) is 0 Å². The molecule has 0 fully saturated rings. The lowest BCUT2D eigenvalue weighted by Gasteiger charge is -2.42. The number of nitrogens with zero attached hydrogens (tertiary/aromatic N) is 2. The van der Waals surface area contributed by atoms with Gasteiger partial charge in [-0.3, -0.25) is 9.59 Å². The van der Waals surface area contributed by atoms with Crippen molar-refractivity contribution < 1.29 is 32.3 Å². The van der Waals surface area contributed by atoms with E-state index in [1.165, 1.54) is 4.90 Å². The molecule has 2 amide bonds. The maximum absolute atomic E-state index is 14.3. The summed E-state index contributed by atoms with van der Waals surface area (Å²) < 4.78 is 54.7. The fraction of sp³-hybridized carbons (Fsp3) is 0.333. The van der Waals surface area contributed by atoms with Gasteiger partial charge in [-0.05, 0) is 73.6 Å². The first kappa shape index (κ1) is 29.2. The molecule has 1 aliphatic heterocycles. The number of carbonyl (C=O) groups excluding carboxylic acids is 2. The average Bonchev–Trinajstić information content (AvgIpc) is 2.91. The smallest absolute Gasteiger partial charge is 0.392 e. The maximum atomic E-state index is 14.3. The highest BCUT2D eigenvalue weighted by Crippen LogP contribution is 2.44. The van der Waals surface area contributed by atoms with Crippen molar-refractivity contribution in [1.82, 2.24) is 15.1 Å². The second kappa shape index (κ2) is 12.2. The summed E-state index contributed by atoms with van der Waals surface area (Å²) in [5, 5.41) is 12.5. The molecule has 212 valence electrons. The van der Waals surface area contributed by atoms with Crippen molar-refractivity contribution in [2.24, 2.45) is 0 Å². The summed E-state index contributed by atoms with van der Waals surface area (Å²) in [6.45, 7) is 0.568. The van der Waals surface area contributed by atoms with Gasteiger partial charge >= 0.3 is 6.18 Å². The van der Waals surface area contributed by atoms with Gasteiger partial charge in [0.05, 0.1) is 24.1 Å². The van der Waals surface area contributed by atoms with Crippen LogP contribution in [0.1, 0.15) is 56.6 Å². The van der Waals surface area contributed by atoms with Crippen LogP contribution in [0.2, 0.25) is 0 Å². The molecule has 4 rings (SSSR count). The van der Waals surface area contributed by atoms with E-state index in [2.05, 4.69) is 5.32 Å². The van der Waals surface area contributed by atoms with Gasteiger partial charge < -0.3 is 20.2 Å². The normalized spacial score (nSPS) is 17.2. The van der Waals surface area contributed by atoms with Gasteiger partial charge in [-0.2, -0.15) is 13.2 Å². The third-order valence-electron chi connectivity index (χ3n) is 6.94. The van der Waals surface area contributed by atoms with Gasteiger partial charge in [0.2, 0.25) is 5.91 Å². The quantitative estimate of drug-likeness (QED) is 0.291. The Bertz CT molecular complexity index is 1360. The lowest BCUT2D eigenvalue weighted by molar-refractivity contribution is -0.137. The molecule has 0 radical (unpaired) electrons. The molecule has 0 spiro atoms. The van der Waals surface area contributed by atoms with E-state index < -0.39 is 35.4 Å². The highest BCUT2D eigenvalue weighted by Gasteiger charge is 2.44. The molecule has 2 atom stereocenters. The fourth-order valence-electron chi connectivity index (χ4n) is 5.06. The third-order valence-corrected chi connectivity index (χ3v) is 6.94. The van der Waals surface area contributed by atoms with Crippen molar-refractivity contribution >= 4 is 11.8 Å². The van der Waals surface area contributed by atoms with Gasteiger partial charge in [-0.25, -0.2) is 4.39 Å². The summed E-state index contributed by atoms with van der Waals surface area (Å²) in [5.41, 5.74) is 0.712. The van der Waals surface area contributed by atoms with E-state index in [0.717, 1.165) is 18.7 Å². The molecular formula is C30H31F4N3O3. The van der Waals surface area contributed by atoms with E-state index in [1.807, 2.05) is 19.0 Å². The Balaban J connectivity index is 1.80. The number of nitrogens with one attached hydrogen (secondary N) is 1. The molecule has 2 N–H and O–H groups in total. The van der Waals surface area contributed by atoms with E-state index in [4.69, 9.17) is 0 Å². The topological polar surface area (TPSA) is 72.9 Å². The first-order chi connectivity index (χ1) is 19.0. The van der Waals surface area contributed by atoms with Crippen molar-refractivity contribution in [3.63, 3.8) is 0 Å². The number of carbonyl (C=O) groups is 2. The summed E-state index contributed by atoms with van der Waals surface area (Å²) >= 11 is 0. The van der Waals surface area contributed by atoms with Crippen molar-refractivity contribution in [2.45, 2.75) is 37.7 Å². The molecule has 10 heteroatoms. The zero-order valence-corrected chi connectivity index (χ0v) is 22.2. The number of benzene rings is 3. The first-order valence-corrected chi connectivity index (χ1v) is 12.9. The number of halogens is 4. The molecule has 0 aromatic heterocycles. The van der Waals surface area contributed by atoms with Crippen LogP contribution in [0.4, 0.5) is 17.6 Å². The predicted molar refractivity (Wildman–Crippen MR) is 142 cm³/mol. The Kier molecular flexibility index (Phi) is 8.90. The minimum absolute atomic E-state index is 0.0535. The number of hydrogen-bond acceptors (Lipinski definition) is 4. The number of amides is 2. The summed E-state index contributed by atoms with van der Waals surface area (Å²) in [7, 11) is 3.84. The van der Waals surface area contributed by atoms with Crippen LogP contribution in [-0.2, 0) is 24.1 Å². The lowest BCUT2D eigenvalue weighted by atomic mass is 9.78. The molecule has 1 heterocycles. The van der Waals surface area contributed by atoms with Crippen LogP contribution < -0.4 is 5.32 Å². The minimum Gasteiger partial charge on any atom is -0.392 e. The van der Waals surface area contributed by atoms with Gasteiger partial charge in [0, 0.05) is 18.7 Å². The monoisotopic (exact) mass is 557 g/mol. The first-order valence-electron chi connectivity index (χ1n) is 12.9. The van der Waals surface area contributed by atoms with Crippen molar-refractivity contribution in [3.05, 3.63) is 106 Å². The Morgan fingerprint density at radius 3 is 2.38 bits per heavy atom. The van der Waals surface area contributed by atoms with Gasteiger partial charge in [0.25, 0.3) is 5.91 Å². The predicted octanol–water partition coefficient (Wildman–Crippen LogP) is 4.89. The van der Waals surface area contributed by atoms with Gasteiger partial charge in [-0.1, -0.05) is 42.5 Å². The number of hydrogen-bond donors (Lipinski definition) is 2. The number of aliphatic hydroxyl groups excluding tert-OH is 1. The summed E-state index contributed by atoms with van der Waals surface area (Å²) in [6, 6.07) is 14.6. The molecule has 0 saturated carbocycles. The van der Waals surface area contributed by atoms with Crippen molar-refractivity contribution in [2.75, 3.05) is 27.2 Å². The standard InChI is InChI=1S/C30H31F4N3O3/c1-36(2)13-5-12-35-28(39)26-24-6-3-4-7-25(24)29(40)37(27(26)21-10-8-19(18-38)9-11-21)17-20-14-22(30(32,33)34)16-23(31)15-20/h3-4,6-11,14-16,26-27,38H,5,12-13,17-18H2,1-2H3,(H,35,39)/t26-,27+/m1/s1. The van der Waals surface area contributed by atoms with E-state index in [9.17, 15) is 32.3 Å². The number of fused-ring (bicyclic) bond motifs is 1. The highest BCUT2D eigenvalue weighted by atomic mass is 19.4. The Hall–Kier alpha value is -3.76. The van der Waals surface area contributed by atoms with Gasteiger partial charge in [0.1, 0.15) is 5.82 Å². The zero-order chi connectivity index (χ0) is 29.0. The van der Waals surface area contributed by atoms with Crippen LogP contribution in [0.3, 0.4) is 0 Å². The Morgan fingerprint density at radius 2 is 1.73 bits per heavy atom. The molecule has 0 saturated heterocycles. The molecule has 40 heavy (non-hydrogen) atoms. The summed E-state index contributed by atoms with van der Waals surface area (Å²) in [4.78, 5) is 30.9. The molecule has 1 aliphatic rings. The van der Waals surface area contributed by atoms with Crippen LogP contribution >= 0.6 is 0 Å². The van der Waals surface area contributed by atoms with Crippen LogP contribution in [-0.4, -0.2) is 53.9 Å². The van der Waals surface area contributed by atoms with Gasteiger partial charge in [-0.15, -0.1) is 0 Å². The second-order valence-electron chi connectivity index (χ2n) is 10.1.